The summed E-state index contributed by atoms with van der Waals surface area (Å²) in [4.78, 5) is 16.6. The number of nitrogens with one attached hydrogen (secondary N) is 1. The van der Waals surface area contributed by atoms with E-state index in [1.54, 1.807) is 18.6 Å². The molecule has 0 atom stereocenters. The summed E-state index contributed by atoms with van der Waals surface area (Å²) in [5, 5.41) is 3.13. The molecule has 3 rings (SSSR count). The van der Waals surface area contributed by atoms with Crippen LogP contribution in [0.15, 0.2) is 61.3 Å². The van der Waals surface area contributed by atoms with Crippen LogP contribution in [0.25, 0.3) is 11.3 Å². The molecule has 5 nitrogen and oxygen atoms in total. The average molecular weight is 249 g/mol. The Morgan fingerprint density at radius 3 is 2.32 bits per heavy atom. The molecule has 0 saturated carbocycles. The zero-order valence-corrected chi connectivity index (χ0v) is 10.1. The Kier molecular flexibility index (Phi) is 3.10. The van der Waals surface area contributed by atoms with Crippen molar-refractivity contribution in [2.45, 2.75) is 0 Å². The summed E-state index contributed by atoms with van der Waals surface area (Å²) in [6.45, 7) is 0. The lowest BCUT2D eigenvalue weighted by atomic mass is 10.2. The van der Waals surface area contributed by atoms with Crippen molar-refractivity contribution in [1.82, 2.24) is 19.9 Å². The summed E-state index contributed by atoms with van der Waals surface area (Å²) in [7, 11) is 0. The number of hydrogen-bond donors (Lipinski definition) is 1. The fraction of sp³-hybridized carbons (Fsp3) is 0. The van der Waals surface area contributed by atoms with Crippen LogP contribution in [0.1, 0.15) is 0 Å². The summed E-state index contributed by atoms with van der Waals surface area (Å²) in [6.07, 6.45) is 6.67. The molecule has 19 heavy (non-hydrogen) atoms. The Balaban J connectivity index is 1.80. The number of hydrogen-bond acceptors (Lipinski definition) is 5. The summed E-state index contributed by atoms with van der Waals surface area (Å²) >= 11 is 0. The number of aromatic nitrogens is 4. The molecule has 0 spiro atoms. The number of benzene rings is 1. The fourth-order valence-electron chi connectivity index (χ4n) is 1.64. The van der Waals surface area contributed by atoms with E-state index in [4.69, 9.17) is 0 Å². The smallest absolute Gasteiger partial charge is 0.227 e. The third-order valence-electron chi connectivity index (χ3n) is 2.56. The van der Waals surface area contributed by atoms with Crippen LogP contribution in [-0.4, -0.2) is 19.9 Å². The van der Waals surface area contributed by atoms with Crippen LogP contribution in [0.4, 0.5) is 11.6 Å². The molecule has 5 heteroatoms. The van der Waals surface area contributed by atoms with Gasteiger partial charge in [0.2, 0.25) is 5.95 Å². The van der Waals surface area contributed by atoms with Crippen LogP contribution in [-0.2, 0) is 0 Å². The topological polar surface area (TPSA) is 63.6 Å². The number of anilines is 2. The molecule has 0 radical (unpaired) electrons. The minimum Gasteiger partial charge on any atom is -0.324 e. The van der Waals surface area contributed by atoms with Gasteiger partial charge < -0.3 is 5.32 Å². The standard InChI is InChI=1S/C14H11N5/c1-2-4-12(5-3-1)19-14-16-8-11(9-17-14)13-6-7-15-10-18-13/h1-10H,(H,16,17,19). The lowest BCUT2D eigenvalue weighted by Crippen LogP contribution is -1.96. The molecule has 0 bridgehead atoms. The van der Waals surface area contributed by atoms with Gasteiger partial charge in [0, 0.05) is 29.8 Å². The molecule has 1 aromatic carbocycles. The highest BCUT2D eigenvalue weighted by Gasteiger charge is 2.01. The van der Waals surface area contributed by atoms with Gasteiger partial charge in [0.1, 0.15) is 6.33 Å². The van der Waals surface area contributed by atoms with E-state index in [1.165, 1.54) is 6.33 Å². The second-order valence-corrected chi connectivity index (χ2v) is 3.88. The second kappa shape index (κ2) is 5.22. The van der Waals surface area contributed by atoms with E-state index in [9.17, 15) is 0 Å². The molecule has 92 valence electrons. The molecule has 0 aliphatic heterocycles. The van der Waals surface area contributed by atoms with E-state index >= 15 is 0 Å². The Labute approximate surface area is 110 Å². The minimum absolute atomic E-state index is 0.559. The summed E-state index contributed by atoms with van der Waals surface area (Å²) in [5.41, 5.74) is 2.62. The van der Waals surface area contributed by atoms with Gasteiger partial charge in [-0.1, -0.05) is 18.2 Å². The van der Waals surface area contributed by atoms with Crippen LogP contribution in [0.3, 0.4) is 0 Å². The van der Waals surface area contributed by atoms with E-state index in [0.717, 1.165) is 16.9 Å². The molecule has 0 amide bonds. The van der Waals surface area contributed by atoms with Crippen LogP contribution < -0.4 is 5.32 Å². The Morgan fingerprint density at radius 2 is 1.63 bits per heavy atom. The van der Waals surface area contributed by atoms with Gasteiger partial charge in [-0.2, -0.15) is 0 Å². The van der Waals surface area contributed by atoms with Gasteiger partial charge in [0.05, 0.1) is 5.69 Å². The highest BCUT2D eigenvalue weighted by molar-refractivity contribution is 5.58. The van der Waals surface area contributed by atoms with Crippen molar-refractivity contribution < 1.29 is 0 Å². The van der Waals surface area contributed by atoms with Gasteiger partial charge in [0.15, 0.2) is 0 Å². The molecule has 0 fully saturated rings. The van der Waals surface area contributed by atoms with Crippen molar-refractivity contribution in [3.05, 3.63) is 61.3 Å². The molecule has 0 aliphatic carbocycles. The predicted molar refractivity (Wildman–Crippen MR) is 72.8 cm³/mol. The van der Waals surface area contributed by atoms with Crippen LogP contribution in [0, 0.1) is 0 Å². The maximum Gasteiger partial charge on any atom is 0.227 e. The molecule has 2 heterocycles. The fourth-order valence-corrected chi connectivity index (χ4v) is 1.64. The first-order chi connectivity index (χ1) is 9.42. The maximum absolute atomic E-state index is 4.27. The normalized spacial score (nSPS) is 10.1. The Hall–Kier alpha value is -2.82. The molecule has 3 aromatic rings. The van der Waals surface area contributed by atoms with Gasteiger partial charge in [-0.25, -0.2) is 19.9 Å². The van der Waals surface area contributed by atoms with Crippen molar-refractivity contribution in [2.24, 2.45) is 0 Å². The van der Waals surface area contributed by atoms with E-state index in [1.807, 2.05) is 36.4 Å². The third kappa shape index (κ3) is 2.71. The van der Waals surface area contributed by atoms with Gasteiger partial charge in [-0.15, -0.1) is 0 Å². The van der Waals surface area contributed by atoms with Gasteiger partial charge >= 0.3 is 0 Å². The number of para-hydroxylation sites is 1. The lowest BCUT2D eigenvalue weighted by Gasteiger charge is -2.04. The quantitative estimate of drug-likeness (QED) is 0.773. The summed E-state index contributed by atoms with van der Waals surface area (Å²) < 4.78 is 0. The van der Waals surface area contributed by atoms with Crippen molar-refractivity contribution in [3.63, 3.8) is 0 Å². The first kappa shape index (κ1) is 11.3. The summed E-state index contributed by atoms with van der Waals surface area (Å²) in [6, 6.07) is 11.6. The molecule has 0 unspecified atom stereocenters. The summed E-state index contributed by atoms with van der Waals surface area (Å²) in [5.74, 6) is 0.559. The first-order valence-electron chi connectivity index (χ1n) is 5.82. The monoisotopic (exact) mass is 249 g/mol. The van der Waals surface area contributed by atoms with Crippen molar-refractivity contribution in [2.75, 3.05) is 5.32 Å². The van der Waals surface area contributed by atoms with Crippen LogP contribution in [0.5, 0.6) is 0 Å². The molecule has 0 saturated heterocycles. The van der Waals surface area contributed by atoms with Gasteiger partial charge in [0.25, 0.3) is 0 Å². The Morgan fingerprint density at radius 1 is 0.842 bits per heavy atom. The molecule has 2 aromatic heterocycles. The SMILES string of the molecule is c1ccc(Nc2ncc(-c3ccncn3)cn2)cc1. The largest absolute Gasteiger partial charge is 0.324 e. The van der Waals surface area contributed by atoms with E-state index in [0.29, 0.717) is 5.95 Å². The highest BCUT2D eigenvalue weighted by Crippen LogP contribution is 2.16. The molecular formula is C14H11N5. The van der Waals surface area contributed by atoms with Crippen molar-refractivity contribution in [3.8, 4) is 11.3 Å². The maximum atomic E-state index is 4.27. The predicted octanol–water partition coefficient (Wildman–Crippen LogP) is 2.68. The van der Waals surface area contributed by atoms with Gasteiger partial charge in [-0.05, 0) is 18.2 Å². The number of rotatable bonds is 3. The van der Waals surface area contributed by atoms with E-state index < -0.39 is 0 Å². The van der Waals surface area contributed by atoms with Crippen molar-refractivity contribution >= 4 is 11.6 Å². The molecule has 1 N–H and O–H groups in total. The van der Waals surface area contributed by atoms with Gasteiger partial charge in [-0.3, -0.25) is 0 Å². The Bertz CT molecular complexity index is 638. The zero-order chi connectivity index (χ0) is 12.9. The number of nitrogens with zero attached hydrogens (tertiary/aromatic N) is 4. The highest BCUT2D eigenvalue weighted by atomic mass is 15.1. The average Bonchev–Trinajstić information content (AvgIpc) is 2.50. The minimum atomic E-state index is 0.559. The van der Waals surface area contributed by atoms with Crippen LogP contribution in [0.2, 0.25) is 0 Å². The third-order valence-corrected chi connectivity index (χ3v) is 2.56. The first-order valence-corrected chi connectivity index (χ1v) is 5.82. The van der Waals surface area contributed by atoms with E-state index in [-0.39, 0.29) is 0 Å². The lowest BCUT2D eigenvalue weighted by molar-refractivity contribution is 1.13. The van der Waals surface area contributed by atoms with Crippen molar-refractivity contribution in [1.29, 1.82) is 0 Å². The molecular weight excluding hydrogens is 238 g/mol. The van der Waals surface area contributed by atoms with E-state index in [2.05, 4.69) is 25.3 Å². The second-order valence-electron chi connectivity index (χ2n) is 3.88. The zero-order valence-electron chi connectivity index (χ0n) is 10.1. The molecule has 0 aliphatic rings. The van der Waals surface area contributed by atoms with Crippen LogP contribution >= 0.6 is 0 Å².